The van der Waals surface area contributed by atoms with Gasteiger partial charge in [0.25, 0.3) is 0 Å². The average molecular weight is 310 g/mol. The molecule has 2 rings (SSSR count). The Bertz CT molecular complexity index is 358. The fourth-order valence-electron chi connectivity index (χ4n) is 3.66. The van der Waals surface area contributed by atoms with Gasteiger partial charge in [-0.15, -0.1) is 0 Å². The Labute approximate surface area is 135 Å². The topological polar surface area (TPSA) is 61.6 Å². The van der Waals surface area contributed by atoms with Crippen molar-refractivity contribution in [2.75, 3.05) is 39.8 Å². The summed E-state index contributed by atoms with van der Waals surface area (Å²) >= 11 is 0. The summed E-state index contributed by atoms with van der Waals surface area (Å²) in [5.74, 6) is -0.0185. The third-order valence-corrected chi connectivity index (χ3v) is 5.74. The van der Waals surface area contributed by atoms with E-state index in [0.29, 0.717) is 0 Å². The number of nitrogens with one attached hydrogen (secondary N) is 1. The molecule has 2 heterocycles. The monoisotopic (exact) mass is 310 g/mol. The molecule has 0 aromatic heterocycles. The minimum atomic E-state index is -0.121. The minimum absolute atomic E-state index is 0.0941. The molecule has 0 aliphatic carbocycles. The molecule has 0 radical (unpaired) electrons. The molecule has 2 saturated heterocycles. The summed E-state index contributed by atoms with van der Waals surface area (Å²) in [6.45, 7) is 9.20. The van der Waals surface area contributed by atoms with Gasteiger partial charge >= 0.3 is 0 Å². The van der Waals surface area contributed by atoms with E-state index in [0.717, 1.165) is 32.5 Å². The number of nitrogens with two attached hydrogens (primary N) is 1. The van der Waals surface area contributed by atoms with Crippen LogP contribution < -0.4 is 11.1 Å². The van der Waals surface area contributed by atoms with Gasteiger partial charge in [0.1, 0.15) is 0 Å². The van der Waals surface area contributed by atoms with Crippen molar-refractivity contribution in [1.29, 1.82) is 0 Å². The Morgan fingerprint density at radius 3 is 2.27 bits per heavy atom. The van der Waals surface area contributed by atoms with E-state index in [2.05, 4.69) is 22.2 Å². The van der Waals surface area contributed by atoms with Crippen LogP contribution in [0.25, 0.3) is 0 Å². The van der Waals surface area contributed by atoms with E-state index in [4.69, 9.17) is 5.73 Å². The first-order chi connectivity index (χ1) is 10.4. The van der Waals surface area contributed by atoms with Gasteiger partial charge in [-0.3, -0.25) is 9.69 Å². The van der Waals surface area contributed by atoms with E-state index in [1.807, 2.05) is 13.8 Å². The number of amides is 1. The molecule has 2 aliphatic rings. The normalized spacial score (nSPS) is 26.4. The predicted octanol–water partition coefficient (Wildman–Crippen LogP) is 1.04. The van der Waals surface area contributed by atoms with Crippen LogP contribution >= 0.6 is 0 Å². The zero-order valence-corrected chi connectivity index (χ0v) is 14.6. The van der Waals surface area contributed by atoms with Gasteiger partial charge in [0.05, 0.1) is 0 Å². The van der Waals surface area contributed by atoms with Crippen molar-refractivity contribution in [3.63, 3.8) is 0 Å². The van der Waals surface area contributed by atoms with Crippen molar-refractivity contribution < 1.29 is 4.79 Å². The lowest BCUT2D eigenvalue weighted by Gasteiger charge is -2.50. The van der Waals surface area contributed by atoms with Crippen molar-refractivity contribution >= 4 is 5.91 Å². The summed E-state index contributed by atoms with van der Waals surface area (Å²) in [5, 5.41) is 3.21. The van der Waals surface area contributed by atoms with Gasteiger partial charge in [-0.05, 0) is 65.8 Å². The number of likely N-dealkylation sites (tertiary alicyclic amines) is 2. The highest BCUT2D eigenvalue weighted by Gasteiger charge is 2.40. The lowest BCUT2D eigenvalue weighted by atomic mass is 9.84. The number of carbonyl (C=O) groups is 1. The average Bonchev–Trinajstić information content (AvgIpc) is 2.54. The molecule has 5 heteroatoms. The lowest BCUT2D eigenvalue weighted by molar-refractivity contribution is -0.126. The highest BCUT2D eigenvalue weighted by Crippen LogP contribution is 2.30. The van der Waals surface area contributed by atoms with Crippen LogP contribution in [-0.2, 0) is 4.79 Å². The largest absolute Gasteiger partial charge is 0.354 e. The quantitative estimate of drug-likeness (QED) is 0.796. The minimum Gasteiger partial charge on any atom is -0.354 e. The maximum Gasteiger partial charge on any atom is 0.224 e. The third kappa shape index (κ3) is 4.21. The van der Waals surface area contributed by atoms with E-state index in [1.54, 1.807) is 0 Å². The van der Waals surface area contributed by atoms with Crippen molar-refractivity contribution in [2.45, 2.75) is 57.5 Å². The fourth-order valence-corrected chi connectivity index (χ4v) is 3.66. The molecule has 0 saturated carbocycles. The van der Waals surface area contributed by atoms with Crippen LogP contribution in [0.2, 0.25) is 0 Å². The summed E-state index contributed by atoms with van der Waals surface area (Å²) in [7, 11) is 2.19. The van der Waals surface area contributed by atoms with Crippen molar-refractivity contribution in [2.24, 2.45) is 11.7 Å². The summed E-state index contributed by atoms with van der Waals surface area (Å²) in [6.07, 6.45) is 6.23. The molecule has 0 spiro atoms. The first-order valence-electron chi connectivity index (χ1n) is 8.91. The molecule has 0 bridgehead atoms. The summed E-state index contributed by atoms with van der Waals surface area (Å²) in [6, 6.07) is -0.0941. The Hall–Kier alpha value is -0.650. The molecule has 2 fully saturated rings. The van der Waals surface area contributed by atoms with Crippen LogP contribution in [-0.4, -0.2) is 67.1 Å². The maximum atomic E-state index is 12.3. The standard InChI is InChI=1S/C17H34N4O/c1-14(15(2)18)16(22)19-13-17(7-11-20(3)12-8-17)21-9-5-4-6-10-21/h14-15H,4-13,18H2,1-3H3,(H,19,22). The molecule has 0 aromatic carbocycles. The summed E-state index contributed by atoms with van der Waals surface area (Å²) in [4.78, 5) is 17.3. The zero-order valence-electron chi connectivity index (χ0n) is 14.6. The molecule has 3 N–H and O–H groups in total. The summed E-state index contributed by atoms with van der Waals surface area (Å²) in [5.41, 5.74) is 6.01. The van der Waals surface area contributed by atoms with Gasteiger partial charge in [-0.2, -0.15) is 0 Å². The number of rotatable bonds is 5. The van der Waals surface area contributed by atoms with Gasteiger partial charge in [0.2, 0.25) is 5.91 Å². The van der Waals surface area contributed by atoms with Gasteiger partial charge in [-0.1, -0.05) is 13.3 Å². The number of nitrogens with zero attached hydrogens (tertiary/aromatic N) is 2. The third-order valence-electron chi connectivity index (χ3n) is 5.74. The second kappa shape index (κ2) is 7.75. The van der Waals surface area contributed by atoms with E-state index >= 15 is 0 Å². The number of carbonyl (C=O) groups excluding carboxylic acids is 1. The molecule has 0 aromatic rings. The Morgan fingerprint density at radius 2 is 1.73 bits per heavy atom. The number of hydrogen-bond donors (Lipinski definition) is 2. The fraction of sp³-hybridized carbons (Fsp3) is 0.941. The Kier molecular flexibility index (Phi) is 6.24. The van der Waals surface area contributed by atoms with Crippen LogP contribution in [0.4, 0.5) is 0 Å². The van der Waals surface area contributed by atoms with E-state index in [-0.39, 0.29) is 23.4 Å². The first kappa shape index (κ1) is 17.7. The van der Waals surface area contributed by atoms with Gasteiger partial charge in [-0.25, -0.2) is 0 Å². The summed E-state index contributed by atoms with van der Waals surface area (Å²) < 4.78 is 0. The number of hydrogen-bond acceptors (Lipinski definition) is 4. The molecule has 1 amide bonds. The molecule has 5 nitrogen and oxygen atoms in total. The molecular weight excluding hydrogens is 276 g/mol. The second-order valence-corrected chi connectivity index (χ2v) is 7.44. The van der Waals surface area contributed by atoms with Crippen molar-refractivity contribution in [1.82, 2.24) is 15.1 Å². The Morgan fingerprint density at radius 1 is 1.14 bits per heavy atom. The van der Waals surface area contributed by atoms with Gasteiger partial charge < -0.3 is 16.0 Å². The van der Waals surface area contributed by atoms with Crippen LogP contribution in [0.15, 0.2) is 0 Å². The lowest BCUT2D eigenvalue weighted by Crippen LogP contribution is -2.61. The SMILES string of the molecule is CC(N)C(C)C(=O)NCC1(N2CCCCC2)CCN(C)CC1. The highest BCUT2D eigenvalue weighted by atomic mass is 16.1. The molecule has 2 aliphatic heterocycles. The molecule has 2 atom stereocenters. The van der Waals surface area contributed by atoms with Crippen molar-refractivity contribution in [3.8, 4) is 0 Å². The highest BCUT2D eigenvalue weighted by molar-refractivity contribution is 5.79. The Balaban J connectivity index is 2.00. The van der Waals surface area contributed by atoms with Crippen molar-refractivity contribution in [3.05, 3.63) is 0 Å². The second-order valence-electron chi connectivity index (χ2n) is 7.44. The number of piperidine rings is 2. The van der Waals surface area contributed by atoms with Crippen LogP contribution in [0, 0.1) is 5.92 Å². The molecular formula is C17H34N4O. The van der Waals surface area contributed by atoms with E-state index in [1.165, 1.54) is 32.4 Å². The van der Waals surface area contributed by atoms with Gasteiger partial charge in [0.15, 0.2) is 0 Å². The van der Waals surface area contributed by atoms with Crippen LogP contribution in [0.3, 0.4) is 0 Å². The molecule has 128 valence electrons. The molecule has 2 unspecified atom stereocenters. The van der Waals surface area contributed by atoms with Crippen LogP contribution in [0.1, 0.15) is 46.0 Å². The zero-order chi connectivity index (χ0) is 16.2. The maximum absolute atomic E-state index is 12.3. The van der Waals surface area contributed by atoms with E-state index in [9.17, 15) is 4.79 Å². The predicted molar refractivity (Wildman–Crippen MR) is 90.7 cm³/mol. The molecule has 22 heavy (non-hydrogen) atoms. The van der Waals surface area contributed by atoms with E-state index < -0.39 is 0 Å². The van der Waals surface area contributed by atoms with Crippen LogP contribution in [0.5, 0.6) is 0 Å². The first-order valence-corrected chi connectivity index (χ1v) is 8.91. The van der Waals surface area contributed by atoms with Gasteiger partial charge in [0, 0.05) is 24.0 Å². The smallest absolute Gasteiger partial charge is 0.224 e.